The van der Waals surface area contributed by atoms with E-state index in [2.05, 4.69) is 53.2 Å². The van der Waals surface area contributed by atoms with Gasteiger partial charge in [0.2, 0.25) is 82.7 Å². The number of nitrogens with zero attached hydrogens (tertiary/aromatic N) is 1. The summed E-state index contributed by atoms with van der Waals surface area (Å²) in [7, 11) is 0. The zero-order valence-corrected chi connectivity index (χ0v) is 52.3. The van der Waals surface area contributed by atoms with Gasteiger partial charge in [0.25, 0.3) is 0 Å². The third-order valence-corrected chi connectivity index (χ3v) is 13.5. The van der Waals surface area contributed by atoms with Crippen LogP contribution in [0.25, 0.3) is 0 Å². The van der Waals surface area contributed by atoms with Crippen LogP contribution in [0, 0.1) is 35.5 Å². The molecule has 10 unspecified atom stereocenters. The Bertz CT molecular complexity index is 2450. The van der Waals surface area contributed by atoms with Gasteiger partial charge in [0.15, 0.2) is 0 Å². The Hall–Kier alpha value is -7.99. The monoisotopic (exact) mass is 1240 g/mol. The molecule has 0 aliphatic carbocycles. The van der Waals surface area contributed by atoms with Gasteiger partial charge in [-0.15, -0.1) is 0 Å². The predicted octanol–water partition coefficient (Wildman–Crippen LogP) is -3.99. The fraction of sp³-hybridized carbons (Fsp3) is 0.732. The molecule has 1 aliphatic rings. The van der Waals surface area contributed by atoms with Gasteiger partial charge >= 0.3 is 5.97 Å². The molecular weight excluding hydrogens is 1140 g/mol. The molecular formula is C56H97N15O16. The molecule has 1 aliphatic heterocycles. The molecule has 14 amide bonds. The van der Waals surface area contributed by atoms with Gasteiger partial charge in [-0.25, -0.2) is 4.79 Å². The van der Waals surface area contributed by atoms with Crippen LogP contribution in [0.3, 0.4) is 0 Å². The zero-order chi connectivity index (χ0) is 66.7. The molecule has 1 saturated heterocycles. The minimum Gasteiger partial charge on any atom is -0.480 e. The van der Waals surface area contributed by atoms with E-state index in [1.165, 1.54) is 4.90 Å². The van der Waals surface area contributed by atoms with Gasteiger partial charge in [-0.3, -0.25) is 67.1 Å². The van der Waals surface area contributed by atoms with Crippen LogP contribution in [0.5, 0.6) is 0 Å². The van der Waals surface area contributed by atoms with Gasteiger partial charge in [0.05, 0.1) is 32.4 Å². The van der Waals surface area contributed by atoms with Crippen molar-refractivity contribution in [2.75, 3.05) is 19.6 Å². The van der Waals surface area contributed by atoms with E-state index >= 15 is 0 Å². The molecule has 492 valence electrons. The predicted molar refractivity (Wildman–Crippen MR) is 315 cm³/mol. The smallest absolute Gasteiger partial charge is 0.326 e. The first kappa shape index (κ1) is 77.0. The number of carbonyl (C=O) groups excluding carboxylic acids is 14. The SMILES string of the molecule is CC(C)CC(NC(=O)CNC(=O)C(CC(C)C)NC(=O)C(CC(N)=O)NC(=O)C(CC(N)=O)NC(=O)C(CC(C)C)NC(=O)C(CC(C)C)NC(=O)C(CC(N)=O)NC(=O)C1CCCN1C(=O)C(NC(=O)C(CC(C)C)NC(=O)CN)C(C)C)C(=O)O. The van der Waals surface area contributed by atoms with Crippen molar-refractivity contribution in [2.24, 2.45) is 58.4 Å². The van der Waals surface area contributed by atoms with E-state index < -0.39 is 181 Å². The highest BCUT2D eigenvalue weighted by Crippen LogP contribution is 2.22. The quantitative estimate of drug-likeness (QED) is 0.0279. The largest absolute Gasteiger partial charge is 0.480 e. The van der Waals surface area contributed by atoms with Crippen molar-refractivity contribution in [1.29, 1.82) is 0 Å². The number of carboxylic acids is 1. The molecule has 0 aromatic heterocycles. The van der Waals surface area contributed by atoms with Gasteiger partial charge in [-0.05, 0) is 80.5 Å². The summed E-state index contributed by atoms with van der Waals surface area (Å²) in [6, 6.07) is -14.4. The number of primary amides is 3. The van der Waals surface area contributed by atoms with Crippen LogP contribution in [0.4, 0.5) is 0 Å². The van der Waals surface area contributed by atoms with Crippen LogP contribution in [-0.4, -0.2) is 179 Å². The number of amides is 14. The summed E-state index contributed by atoms with van der Waals surface area (Å²) in [6.45, 7) is 19.8. The highest BCUT2D eigenvalue weighted by molar-refractivity contribution is 6.01. The summed E-state index contributed by atoms with van der Waals surface area (Å²) in [5.41, 5.74) is 21.9. The molecule has 87 heavy (non-hydrogen) atoms. The van der Waals surface area contributed by atoms with Gasteiger partial charge < -0.3 is 86.1 Å². The Kier molecular flexibility index (Phi) is 33.2. The third-order valence-electron chi connectivity index (χ3n) is 13.5. The minimum atomic E-state index is -1.87. The van der Waals surface area contributed by atoms with Crippen molar-refractivity contribution in [2.45, 2.75) is 208 Å². The van der Waals surface area contributed by atoms with E-state index in [-0.39, 0.29) is 81.2 Å². The van der Waals surface area contributed by atoms with Crippen LogP contribution in [0.15, 0.2) is 0 Å². The van der Waals surface area contributed by atoms with E-state index in [0.717, 1.165) is 0 Å². The number of aliphatic carboxylic acids is 1. The van der Waals surface area contributed by atoms with E-state index in [1.807, 2.05) is 13.8 Å². The number of hydrogen-bond donors (Lipinski definition) is 15. The Morgan fingerprint density at radius 1 is 0.425 bits per heavy atom. The van der Waals surface area contributed by atoms with Crippen molar-refractivity contribution in [3.8, 4) is 0 Å². The molecule has 31 nitrogen and oxygen atoms in total. The molecule has 0 bridgehead atoms. The molecule has 19 N–H and O–H groups in total. The zero-order valence-electron chi connectivity index (χ0n) is 52.3. The molecule has 0 saturated carbocycles. The molecule has 0 radical (unpaired) electrons. The normalized spacial score (nSPS) is 16.2. The average molecular weight is 1240 g/mol. The summed E-state index contributed by atoms with van der Waals surface area (Å²) in [5.74, 6) is -16.0. The number of rotatable bonds is 39. The molecule has 0 spiro atoms. The van der Waals surface area contributed by atoms with Crippen LogP contribution < -0.4 is 76.1 Å². The molecule has 1 fully saturated rings. The standard InChI is InChI=1S/C56H97N15O16/c1-26(2)16-32(47(77)61-25-45(76)63-39(56(86)87)20-30(9)10)64-50(80)36(21-41(58)72)68-51(81)37(22-42(59)73)67-49(79)35(19-29(7)8)65-48(78)34(18-28(5)6)66-52(82)38(23-43(60)74)69-54(84)40-14-13-15-71(40)55(85)46(31(11)12)70-53(83)33(17-27(3)4)62-44(75)24-57/h26-40,46H,13-25,57H2,1-12H3,(H2,58,72)(H2,59,73)(H2,60,74)(H,61,77)(H,62,75)(H,63,76)(H,64,80)(H,65,78)(H,66,82)(H,67,79)(H,68,81)(H,69,84)(H,70,83)(H,86,87). The van der Waals surface area contributed by atoms with Gasteiger partial charge in [-0.1, -0.05) is 83.1 Å². The van der Waals surface area contributed by atoms with E-state index in [4.69, 9.17) is 22.9 Å². The second-order valence-electron chi connectivity index (χ2n) is 24.4. The molecule has 1 rings (SSSR count). The number of likely N-dealkylation sites (tertiary alicyclic amines) is 1. The first-order valence-corrected chi connectivity index (χ1v) is 29.4. The maximum absolute atomic E-state index is 14.3. The minimum absolute atomic E-state index is 0.0371. The van der Waals surface area contributed by atoms with E-state index in [1.54, 1.807) is 69.2 Å². The first-order valence-electron chi connectivity index (χ1n) is 29.4. The van der Waals surface area contributed by atoms with Gasteiger partial charge in [-0.2, -0.15) is 0 Å². The fourth-order valence-corrected chi connectivity index (χ4v) is 9.40. The Morgan fingerprint density at radius 2 is 0.747 bits per heavy atom. The number of nitrogens with two attached hydrogens (primary N) is 4. The van der Waals surface area contributed by atoms with E-state index in [0.29, 0.717) is 6.42 Å². The Balaban J connectivity index is 3.46. The van der Waals surface area contributed by atoms with Gasteiger partial charge in [0, 0.05) is 6.54 Å². The number of nitrogens with one attached hydrogen (secondary N) is 10. The Labute approximate surface area is 508 Å². The summed E-state index contributed by atoms with van der Waals surface area (Å²) in [6.07, 6.45) is -1.96. The van der Waals surface area contributed by atoms with Crippen LogP contribution in [-0.2, 0) is 71.9 Å². The summed E-state index contributed by atoms with van der Waals surface area (Å²) in [5, 5.41) is 34.1. The second-order valence-corrected chi connectivity index (χ2v) is 24.4. The second kappa shape index (κ2) is 37.5. The average Bonchev–Trinajstić information content (AvgIpc) is 2.31. The molecule has 10 atom stereocenters. The topological polar surface area (TPSA) is 504 Å². The van der Waals surface area contributed by atoms with Crippen LogP contribution in [0.2, 0.25) is 0 Å². The van der Waals surface area contributed by atoms with Gasteiger partial charge in [0.1, 0.15) is 60.4 Å². The lowest BCUT2D eigenvalue weighted by atomic mass is 9.99. The molecule has 0 aromatic carbocycles. The lowest BCUT2D eigenvalue weighted by Crippen LogP contribution is -2.61. The van der Waals surface area contributed by atoms with E-state index in [9.17, 15) is 77.0 Å². The summed E-state index contributed by atoms with van der Waals surface area (Å²) in [4.78, 5) is 200. The molecule has 31 heteroatoms. The lowest BCUT2D eigenvalue weighted by molar-refractivity contribution is -0.143. The van der Waals surface area contributed by atoms with Crippen molar-refractivity contribution in [1.82, 2.24) is 58.1 Å². The lowest BCUT2D eigenvalue weighted by Gasteiger charge is -2.32. The number of hydrogen-bond acceptors (Lipinski definition) is 16. The highest BCUT2D eigenvalue weighted by atomic mass is 16.4. The maximum atomic E-state index is 14.3. The summed E-state index contributed by atoms with van der Waals surface area (Å²) >= 11 is 0. The highest BCUT2D eigenvalue weighted by Gasteiger charge is 2.42. The van der Waals surface area contributed by atoms with Crippen molar-refractivity contribution in [3.05, 3.63) is 0 Å². The van der Waals surface area contributed by atoms with Crippen molar-refractivity contribution >= 4 is 88.7 Å². The van der Waals surface area contributed by atoms with Crippen LogP contribution in [0.1, 0.15) is 147 Å². The maximum Gasteiger partial charge on any atom is 0.326 e. The summed E-state index contributed by atoms with van der Waals surface area (Å²) < 4.78 is 0. The fourth-order valence-electron chi connectivity index (χ4n) is 9.40. The number of carboxylic acid groups (broad SMARTS) is 1. The molecule has 0 aromatic rings. The Morgan fingerprint density at radius 3 is 1.10 bits per heavy atom. The van der Waals surface area contributed by atoms with Crippen molar-refractivity contribution < 1.29 is 77.0 Å². The number of carbonyl (C=O) groups is 15. The van der Waals surface area contributed by atoms with Crippen molar-refractivity contribution in [3.63, 3.8) is 0 Å². The molecule has 1 heterocycles. The third kappa shape index (κ3) is 28.8. The van der Waals surface area contributed by atoms with Crippen LogP contribution >= 0.6 is 0 Å². The first-order chi connectivity index (χ1) is 40.4.